The van der Waals surface area contributed by atoms with E-state index in [-0.39, 0.29) is 12.2 Å². The highest BCUT2D eigenvalue weighted by Crippen LogP contribution is 2.25. The highest BCUT2D eigenvalue weighted by Gasteiger charge is 2.16. The zero-order valence-electron chi connectivity index (χ0n) is 10.2. The van der Waals surface area contributed by atoms with Crippen molar-refractivity contribution in [3.05, 3.63) is 52.1 Å². The second-order valence-corrected chi connectivity index (χ2v) is 4.67. The molecule has 5 heteroatoms. The van der Waals surface area contributed by atoms with E-state index < -0.39 is 6.10 Å². The minimum absolute atomic E-state index is 0.267. The van der Waals surface area contributed by atoms with Crippen molar-refractivity contribution in [3.63, 3.8) is 0 Å². The van der Waals surface area contributed by atoms with Crippen LogP contribution in [-0.2, 0) is 13.5 Å². The summed E-state index contributed by atoms with van der Waals surface area (Å²) < 4.78 is 14.8. The lowest BCUT2D eigenvalue weighted by Crippen LogP contribution is -2.04. The van der Waals surface area contributed by atoms with Gasteiger partial charge in [0.2, 0.25) is 0 Å². The molecular formula is C13H14ClFN2O. The summed E-state index contributed by atoms with van der Waals surface area (Å²) in [5.74, 6) is -0.357. The van der Waals surface area contributed by atoms with Crippen LogP contribution in [0.4, 0.5) is 4.39 Å². The Morgan fingerprint density at radius 2 is 2.22 bits per heavy atom. The second kappa shape index (κ2) is 5.08. The van der Waals surface area contributed by atoms with Crippen LogP contribution in [0.15, 0.2) is 24.4 Å². The van der Waals surface area contributed by atoms with Gasteiger partial charge in [0.05, 0.1) is 12.3 Å². The summed E-state index contributed by atoms with van der Waals surface area (Å²) in [4.78, 5) is 0. The van der Waals surface area contributed by atoms with E-state index in [0.29, 0.717) is 10.6 Å². The first kappa shape index (κ1) is 13.1. The van der Waals surface area contributed by atoms with Gasteiger partial charge in [-0.1, -0.05) is 11.6 Å². The molecule has 1 aromatic heterocycles. The fourth-order valence-electron chi connectivity index (χ4n) is 1.86. The van der Waals surface area contributed by atoms with Crippen molar-refractivity contribution in [3.8, 4) is 0 Å². The first-order valence-corrected chi connectivity index (χ1v) is 5.97. The molecule has 0 amide bonds. The molecule has 1 aromatic carbocycles. The van der Waals surface area contributed by atoms with E-state index in [0.717, 1.165) is 11.3 Å². The molecule has 0 saturated carbocycles. The molecule has 0 spiro atoms. The predicted octanol–water partition coefficient (Wildman–Crippen LogP) is 2.80. The predicted molar refractivity (Wildman–Crippen MR) is 68.0 cm³/mol. The number of hydrogen-bond donors (Lipinski definition) is 1. The van der Waals surface area contributed by atoms with Crippen molar-refractivity contribution < 1.29 is 9.50 Å². The van der Waals surface area contributed by atoms with Crippen molar-refractivity contribution in [2.75, 3.05) is 0 Å². The van der Waals surface area contributed by atoms with E-state index >= 15 is 0 Å². The molecule has 2 rings (SSSR count). The Balaban J connectivity index is 2.23. The third kappa shape index (κ3) is 2.54. The largest absolute Gasteiger partial charge is 0.388 e. The van der Waals surface area contributed by atoms with E-state index in [9.17, 15) is 9.50 Å². The highest BCUT2D eigenvalue weighted by atomic mass is 35.5. The molecule has 1 atom stereocenters. The van der Waals surface area contributed by atoms with Crippen LogP contribution in [0.3, 0.4) is 0 Å². The first-order chi connectivity index (χ1) is 8.49. The number of nitrogens with zero attached hydrogens (tertiary/aromatic N) is 2. The molecule has 0 radical (unpaired) electrons. The van der Waals surface area contributed by atoms with Crippen LogP contribution >= 0.6 is 11.6 Å². The van der Waals surface area contributed by atoms with E-state index in [4.69, 9.17) is 11.6 Å². The molecular weight excluding hydrogens is 255 g/mol. The van der Waals surface area contributed by atoms with Crippen molar-refractivity contribution in [2.45, 2.75) is 19.4 Å². The molecule has 18 heavy (non-hydrogen) atoms. The molecule has 0 bridgehead atoms. The Kier molecular flexibility index (Phi) is 3.68. The summed E-state index contributed by atoms with van der Waals surface area (Å²) in [6.07, 6.45) is 1.15. The minimum atomic E-state index is -0.738. The fraction of sp³-hybridized carbons (Fsp3) is 0.308. The average Bonchev–Trinajstić information content (AvgIpc) is 2.65. The van der Waals surface area contributed by atoms with Crippen molar-refractivity contribution in [2.24, 2.45) is 7.05 Å². The van der Waals surface area contributed by atoms with Gasteiger partial charge < -0.3 is 5.11 Å². The smallest absolute Gasteiger partial charge is 0.123 e. The fourth-order valence-corrected chi connectivity index (χ4v) is 2.06. The molecule has 0 aliphatic rings. The summed E-state index contributed by atoms with van der Waals surface area (Å²) in [5, 5.41) is 14.7. The van der Waals surface area contributed by atoms with E-state index in [1.54, 1.807) is 17.9 Å². The van der Waals surface area contributed by atoms with Crippen LogP contribution in [0.2, 0.25) is 5.02 Å². The van der Waals surface area contributed by atoms with Crippen molar-refractivity contribution in [1.29, 1.82) is 0 Å². The monoisotopic (exact) mass is 268 g/mol. The Labute approximate surface area is 110 Å². The van der Waals surface area contributed by atoms with Gasteiger partial charge in [-0.15, -0.1) is 0 Å². The van der Waals surface area contributed by atoms with E-state index in [1.165, 1.54) is 18.2 Å². The molecule has 0 aliphatic heterocycles. The average molecular weight is 269 g/mol. The summed E-state index contributed by atoms with van der Waals surface area (Å²) in [6, 6.07) is 4.14. The maximum Gasteiger partial charge on any atom is 0.123 e. The zero-order valence-corrected chi connectivity index (χ0v) is 10.9. The maximum atomic E-state index is 13.1. The van der Waals surface area contributed by atoms with Gasteiger partial charge in [0, 0.05) is 29.7 Å². The number of benzene rings is 1. The summed E-state index contributed by atoms with van der Waals surface area (Å²) in [5.41, 5.74) is 2.21. The molecule has 1 N–H and O–H groups in total. The topological polar surface area (TPSA) is 38.1 Å². The lowest BCUT2D eigenvalue weighted by Gasteiger charge is -2.11. The number of aliphatic hydroxyl groups is 1. The normalized spacial score (nSPS) is 12.7. The summed E-state index contributed by atoms with van der Waals surface area (Å²) in [7, 11) is 1.81. The number of aliphatic hydroxyl groups excluding tert-OH is 1. The molecule has 1 unspecified atom stereocenters. The zero-order chi connectivity index (χ0) is 13.3. The number of aromatic nitrogens is 2. The Morgan fingerprint density at radius 1 is 1.50 bits per heavy atom. The molecule has 1 heterocycles. The number of halogens is 2. The second-order valence-electron chi connectivity index (χ2n) is 4.26. The lowest BCUT2D eigenvalue weighted by atomic mass is 10.0. The number of aryl methyl sites for hydroxylation is 1. The van der Waals surface area contributed by atoms with Gasteiger partial charge in [-0.25, -0.2) is 4.39 Å². The van der Waals surface area contributed by atoms with Gasteiger partial charge >= 0.3 is 0 Å². The molecule has 3 nitrogen and oxygen atoms in total. The van der Waals surface area contributed by atoms with Crippen LogP contribution in [0, 0.1) is 12.7 Å². The minimum Gasteiger partial charge on any atom is -0.388 e. The van der Waals surface area contributed by atoms with Crippen LogP contribution in [0.5, 0.6) is 0 Å². The first-order valence-electron chi connectivity index (χ1n) is 5.59. The summed E-state index contributed by atoms with van der Waals surface area (Å²) in [6.45, 7) is 1.87. The molecule has 96 valence electrons. The van der Waals surface area contributed by atoms with Gasteiger partial charge in [0.25, 0.3) is 0 Å². The molecule has 0 fully saturated rings. The van der Waals surface area contributed by atoms with E-state index in [1.807, 2.05) is 6.92 Å². The third-order valence-electron chi connectivity index (χ3n) is 3.05. The van der Waals surface area contributed by atoms with Crippen LogP contribution in [-0.4, -0.2) is 14.9 Å². The van der Waals surface area contributed by atoms with Gasteiger partial charge in [0.15, 0.2) is 0 Å². The standard InChI is InChI=1S/C13H14ClFN2O/c1-8-11(7-16-17(8)2)13(18)6-9-5-10(15)3-4-12(9)14/h3-5,7,13,18H,6H2,1-2H3. The third-order valence-corrected chi connectivity index (χ3v) is 3.42. The number of hydrogen-bond acceptors (Lipinski definition) is 2. The van der Waals surface area contributed by atoms with Gasteiger partial charge in [0.1, 0.15) is 5.82 Å². The molecule has 0 saturated heterocycles. The Morgan fingerprint density at radius 3 is 2.83 bits per heavy atom. The molecule has 2 aromatic rings. The van der Waals surface area contributed by atoms with Crippen LogP contribution < -0.4 is 0 Å². The van der Waals surface area contributed by atoms with Crippen molar-refractivity contribution in [1.82, 2.24) is 9.78 Å². The van der Waals surface area contributed by atoms with Crippen LogP contribution in [0.25, 0.3) is 0 Å². The lowest BCUT2D eigenvalue weighted by molar-refractivity contribution is 0.177. The van der Waals surface area contributed by atoms with Gasteiger partial charge in [-0.2, -0.15) is 5.10 Å². The van der Waals surface area contributed by atoms with Gasteiger partial charge in [-0.3, -0.25) is 4.68 Å². The van der Waals surface area contributed by atoms with E-state index in [2.05, 4.69) is 5.10 Å². The number of rotatable bonds is 3. The SMILES string of the molecule is Cc1c(C(O)Cc2cc(F)ccc2Cl)cnn1C. The van der Waals surface area contributed by atoms with Crippen LogP contribution in [0.1, 0.15) is 22.9 Å². The molecule has 0 aliphatic carbocycles. The summed E-state index contributed by atoms with van der Waals surface area (Å²) >= 11 is 5.97. The van der Waals surface area contributed by atoms with Crippen molar-refractivity contribution >= 4 is 11.6 Å². The quantitative estimate of drug-likeness (QED) is 0.930. The maximum absolute atomic E-state index is 13.1. The highest BCUT2D eigenvalue weighted by molar-refractivity contribution is 6.31. The Hall–Kier alpha value is -1.39. The Bertz CT molecular complexity index is 568. The van der Waals surface area contributed by atoms with Gasteiger partial charge in [-0.05, 0) is 30.7 Å².